The number of piperidine rings is 1. The zero-order valence-electron chi connectivity index (χ0n) is 16.3. The van der Waals surface area contributed by atoms with Gasteiger partial charge in [-0.3, -0.25) is 9.59 Å². The lowest BCUT2D eigenvalue weighted by Gasteiger charge is -2.29. The van der Waals surface area contributed by atoms with Gasteiger partial charge in [0.05, 0.1) is 12.8 Å². The number of hydrogen-bond donors (Lipinski definition) is 0. The number of ether oxygens (including phenoxy) is 2. The topological polar surface area (TPSA) is 59.1 Å². The van der Waals surface area contributed by atoms with Crippen LogP contribution in [0.3, 0.4) is 0 Å². The molecule has 0 bridgehead atoms. The molecule has 1 aliphatic heterocycles. The number of rotatable bonds is 13. The number of esters is 2. The second-order valence-electron chi connectivity index (χ2n) is 6.59. The van der Waals surface area contributed by atoms with Crippen molar-refractivity contribution in [3.05, 3.63) is 0 Å². The summed E-state index contributed by atoms with van der Waals surface area (Å²) in [6.45, 7) is 5.62. The first kappa shape index (κ1) is 23.0. The standard InChI is InChI=1S/C21H32N2O4/c1-3-5-18-26-20(24)10-14-23(15-11-21(25)27-19-6-4-2)17-16-22-12-8-7-9-13-22/h1-2H,5-19H2. The van der Waals surface area contributed by atoms with Crippen molar-refractivity contribution in [1.29, 1.82) is 0 Å². The van der Waals surface area contributed by atoms with Crippen molar-refractivity contribution in [2.24, 2.45) is 0 Å². The molecule has 0 spiro atoms. The summed E-state index contributed by atoms with van der Waals surface area (Å²) in [5, 5.41) is 0. The number of likely N-dealkylation sites (tertiary alicyclic amines) is 1. The minimum atomic E-state index is -0.259. The zero-order valence-corrected chi connectivity index (χ0v) is 16.3. The number of nitrogens with zero attached hydrogens (tertiary/aromatic N) is 2. The SMILES string of the molecule is C#CCCOC(=O)CCN(CCC(=O)OCCC#C)CCN1CCCCC1. The molecule has 0 aromatic rings. The summed E-state index contributed by atoms with van der Waals surface area (Å²) in [5.41, 5.74) is 0. The van der Waals surface area contributed by atoms with Crippen LogP contribution in [0.15, 0.2) is 0 Å². The molecule has 0 atom stereocenters. The Morgan fingerprint density at radius 2 is 1.37 bits per heavy atom. The average molecular weight is 376 g/mol. The fourth-order valence-corrected chi connectivity index (χ4v) is 2.89. The van der Waals surface area contributed by atoms with E-state index in [9.17, 15) is 9.59 Å². The molecule has 1 fully saturated rings. The number of carbonyl (C=O) groups excluding carboxylic acids is 2. The van der Waals surface area contributed by atoms with Gasteiger partial charge in [0.1, 0.15) is 13.2 Å². The highest BCUT2D eigenvalue weighted by molar-refractivity contribution is 5.70. The highest BCUT2D eigenvalue weighted by atomic mass is 16.5. The number of hydrogen-bond acceptors (Lipinski definition) is 6. The molecule has 1 aliphatic rings. The molecule has 1 saturated heterocycles. The lowest BCUT2D eigenvalue weighted by molar-refractivity contribution is -0.143. The van der Waals surface area contributed by atoms with Gasteiger partial charge in [0.25, 0.3) is 0 Å². The summed E-state index contributed by atoms with van der Waals surface area (Å²) in [4.78, 5) is 28.2. The van der Waals surface area contributed by atoms with Crippen molar-refractivity contribution >= 4 is 11.9 Å². The largest absolute Gasteiger partial charge is 0.465 e. The van der Waals surface area contributed by atoms with Gasteiger partial charge in [-0.15, -0.1) is 24.7 Å². The second-order valence-corrected chi connectivity index (χ2v) is 6.59. The molecule has 0 aromatic heterocycles. The summed E-state index contributed by atoms with van der Waals surface area (Å²) in [7, 11) is 0. The average Bonchev–Trinajstić information content (AvgIpc) is 2.68. The van der Waals surface area contributed by atoms with E-state index in [1.807, 2.05) is 0 Å². The summed E-state index contributed by atoms with van der Waals surface area (Å²) in [6.07, 6.45) is 15.5. The predicted octanol–water partition coefficient (Wildman–Crippen LogP) is 1.69. The Kier molecular flexibility index (Phi) is 12.9. The molecule has 0 saturated carbocycles. The van der Waals surface area contributed by atoms with E-state index >= 15 is 0 Å². The Morgan fingerprint density at radius 3 is 1.85 bits per heavy atom. The number of carbonyl (C=O) groups is 2. The molecule has 0 aliphatic carbocycles. The van der Waals surface area contributed by atoms with Crippen molar-refractivity contribution in [2.75, 3.05) is 52.5 Å². The van der Waals surface area contributed by atoms with Gasteiger partial charge in [-0.2, -0.15) is 0 Å². The van der Waals surface area contributed by atoms with Crippen LogP contribution in [0.25, 0.3) is 0 Å². The molecule has 1 rings (SSSR count). The van der Waals surface area contributed by atoms with Crippen LogP contribution in [-0.2, 0) is 19.1 Å². The maximum atomic E-state index is 11.8. The van der Waals surface area contributed by atoms with Crippen LogP contribution in [-0.4, -0.2) is 74.2 Å². The van der Waals surface area contributed by atoms with E-state index in [2.05, 4.69) is 21.6 Å². The van der Waals surface area contributed by atoms with Gasteiger partial charge in [0.15, 0.2) is 0 Å². The van der Waals surface area contributed by atoms with Gasteiger partial charge in [0.2, 0.25) is 0 Å². The van der Waals surface area contributed by atoms with Gasteiger partial charge in [0, 0.05) is 39.0 Å². The van der Waals surface area contributed by atoms with Crippen LogP contribution in [0.1, 0.15) is 44.9 Å². The van der Waals surface area contributed by atoms with E-state index in [-0.39, 0.29) is 38.0 Å². The monoisotopic (exact) mass is 376 g/mol. The molecule has 150 valence electrons. The van der Waals surface area contributed by atoms with Crippen molar-refractivity contribution in [3.8, 4) is 24.7 Å². The summed E-state index contributed by atoms with van der Waals surface area (Å²) in [6, 6.07) is 0. The first-order valence-electron chi connectivity index (χ1n) is 9.78. The lowest BCUT2D eigenvalue weighted by Crippen LogP contribution is -2.39. The quantitative estimate of drug-likeness (QED) is 0.277. The van der Waals surface area contributed by atoms with Crippen molar-refractivity contribution in [2.45, 2.75) is 44.9 Å². The normalized spacial score (nSPS) is 14.3. The fraction of sp³-hybridized carbons (Fsp3) is 0.714. The molecular formula is C21H32N2O4. The second kappa shape index (κ2) is 15.1. The summed E-state index contributed by atoms with van der Waals surface area (Å²) >= 11 is 0. The molecule has 0 aromatic carbocycles. The molecule has 0 unspecified atom stereocenters. The maximum Gasteiger partial charge on any atom is 0.307 e. The Labute approximate surface area is 163 Å². The van der Waals surface area contributed by atoms with E-state index in [1.54, 1.807) is 0 Å². The van der Waals surface area contributed by atoms with Crippen molar-refractivity contribution < 1.29 is 19.1 Å². The Balaban J connectivity index is 2.37. The lowest BCUT2D eigenvalue weighted by atomic mass is 10.1. The van der Waals surface area contributed by atoms with Crippen LogP contribution >= 0.6 is 0 Å². The van der Waals surface area contributed by atoms with E-state index in [0.29, 0.717) is 25.9 Å². The minimum absolute atomic E-state index is 0.255. The molecule has 6 nitrogen and oxygen atoms in total. The van der Waals surface area contributed by atoms with Gasteiger partial charge < -0.3 is 19.3 Å². The predicted molar refractivity (Wildman–Crippen MR) is 105 cm³/mol. The van der Waals surface area contributed by atoms with Crippen molar-refractivity contribution in [3.63, 3.8) is 0 Å². The van der Waals surface area contributed by atoms with Crippen LogP contribution in [0.5, 0.6) is 0 Å². The molecule has 0 N–H and O–H groups in total. The van der Waals surface area contributed by atoms with E-state index in [1.165, 1.54) is 19.3 Å². The maximum absolute atomic E-state index is 11.8. The molecule has 0 amide bonds. The van der Waals surface area contributed by atoms with Crippen LogP contribution in [0, 0.1) is 24.7 Å². The molecule has 1 heterocycles. The summed E-state index contributed by atoms with van der Waals surface area (Å²) in [5.74, 6) is 4.36. The highest BCUT2D eigenvalue weighted by Crippen LogP contribution is 2.08. The first-order valence-corrected chi connectivity index (χ1v) is 9.78. The van der Waals surface area contributed by atoms with Crippen molar-refractivity contribution in [1.82, 2.24) is 9.80 Å². The Bertz CT molecular complexity index is 479. The first-order chi connectivity index (χ1) is 13.2. The van der Waals surface area contributed by atoms with Crippen LogP contribution in [0.2, 0.25) is 0 Å². The molecular weight excluding hydrogens is 344 g/mol. The Hall–Kier alpha value is -2.02. The fourth-order valence-electron chi connectivity index (χ4n) is 2.89. The van der Waals surface area contributed by atoms with Crippen LogP contribution in [0.4, 0.5) is 0 Å². The van der Waals surface area contributed by atoms with Gasteiger partial charge >= 0.3 is 11.9 Å². The van der Waals surface area contributed by atoms with Gasteiger partial charge in [-0.05, 0) is 25.9 Å². The number of terminal acetylenes is 2. The molecule has 27 heavy (non-hydrogen) atoms. The van der Waals surface area contributed by atoms with Gasteiger partial charge in [-0.1, -0.05) is 6.42 Å². The molecule has 6 heteroatoms. The van der Waals surface area contributed by atoms with Gasteiger partial charge in [-0.25, -0.2) is 0 Å². The van der Waals surface area contributed by atoms with E-state index < -0.39 is 0 Å². The smallest absolute Gasteiger partial charge is 0.307 e. The third-order valence-corrected chi connectivity index (χ3v) is 4.46. The molecule has 0 radical (unpaired) electrons. The zero-order chi connectivity index (χ0) is 19.7. The van der Waals surface area contributed by atoms with E-state index in [4.69, 9.17) is 22.3 Å². The third-order valence-electron chi connectivity index (χ3n) is 4.46. The Morgan fingerprint density at radius 1 is 0.852 bits per heavy atom. The van der Waals surface area contributed by atoms with Crippen LogP contribution < -0.4 is 0 Å². The summed E-state index contributed by atoms with van der Waals surface area (Å²) < 4.78 is 10.2. The third kappa shape index (κ3) is 12.1. The highest BCUT2D eigenvalue weighted by Gasteiger charge is 2.15. The van der Waals surface area contributed by atoms with E-state index in [0.717, 1.165) is 26.2 Å². The minimum Gasteiger partial charge on any atom is -0.465 e.